The summed E-state index contributed by atoms with van der Waals surface area (Å²) >= 11 is 0. The third-order valence-corrected chi connectivity index (χ3v) is 9.11. The Morgan fingerprint density at radius 3 is 1.51 bits per heavy atom. The number of ether oxygens (including phenoxy) is 1. The molecule has 0 aromatic carbocycles. The van der Waals surface area contributed by atoms with Crippen LogP contribution < -0.4 is 0 Å². The van der Waals surface area contributed by atoms with Crippen LogP contribution in [0.2, 0.25) is 0 Å². The van der Waals surface area contributed by atoms with Crippen molar-refractivity contribution >= 4 is 5.97 Å². The molecule has 0 amide bonds. The van der Waals surface area contributed by atoms with Crippen LogP contribution in [0.5, 0.6) is 0 Å². The molecule has 0 aromatic heterocycles. The number of aliphatic hydroxyl groups excluding tert-OH is 3. The van der Waals surface area contributed by atoms with Crippen molar-refractivity contribution in [1.82, 2.24) is 19.6 Å². The fraction of sp³-hybridized carbons (Fsp3) is 0.964. The van der Waals surface area contributed by atoms with Crippen LogP contribution in [0.3, 0.4) is 0 Å². The molecule has 4 fully saturated rings. The summed E-state index contributed by atoms with van der Waals surface area (Å²) in [6, 6.07) is 1.70. The Morgan fingerprint density at radius 2 is 1.14 bits per heavy atom. The first kappa shape index (κ1) is 29.2. The highest BCUT2D eigenvalue weighted by Crippen LogP contribution is 2.52. The highest BCUT2D eigenvalue weighted by atomic mass is 16.5. The van der Waals surface area contributed by atoms with Gasteiger partial charge in [-0.3, -0.25) is 19.6 Å². The van der Waals surface area contributed by atoms with E-state index in [2.05, 4.69) is 47.3 Å². The number of nitrogens with zero attached hydrogens (tertiary/aromatic N) is 4. The maximum atomic E-state index is 14.6. The second-order valence-electron chi connectivity index (χ2n) is 12.1. The van der Waals surface area contributed by atoms with Gasteiger partial charge in [0.15, 0.2) is 0 Å². The highest BCUT2D eigenvalue weighted by Gasteiger charge is 2.73. The first-order valence-electron chi connectivity index (χ1n) is 15.0. The Balaban J connectivity index is 1.72. The summed E-state index contributed by atoms with van der Waals surface area (Å²) in [5, 5.41) is 29.7. The van der Waals surface area contributed by atoms with Crippen molar-refractivity contribution < 1.29 is 24.9 Å². The zero-order valence-corrected chi connectivity index (χ0v) is 23.6. The van der Waals surface area contributed by atoms with Gasteiger partial charge in [-0.05, 0) is 25.7 Å². The molecule has 0 spiro atoms. The molecule has 4 rings (SSSR count). The molecule has 4 heterocycles. The molecule has 0 bridgehead atoms. The summed E-state index contributed by atoms with van der Waals surface area (Å²) in [5.74, 6) is -0.279. The molecule has 0 radical (unpaired) electrons. The van der Waals surface area contributed by atoms with Gasteiger partial charge in [0.2, 0.25) is 5.66 Å². The molecule has 4 aliphatic rings. The van der Waals surface area contributed by atoms with E-state index in [1.807, 2.05) is 0 Å². The van der Waals surface area contributed by atoms with Crippen molar-refractivity contribution in [2.24, 2.45) is 5.41 Å². The first-order valence-corrected chi connectivity index (χ1v) is 15.0. The van der Waals surface area contributed by atoms with Gasteiger partial charge in [-0.2, -0.15) is 0 Å². The third-order valence-electron chi connectivity index (χ3n) is 9.11. The van der Waals surface area contributed by atoms with Crippen LogP contribution in [0, 0.1) is 5.41 Å². The molecule has 4 saturated heterocycles. The lowest BCUT2D eigenvalue weighted by Crippen LogP contribution is -2.68. The summed E-state index contributed by atoms with van der Waals surface area (Å²) in [6.07, 6.45) is 8.70. The van der Waals surface area contributed by atoms with E-state index in [0.717, 1.165) is 77.5 Å². The average molecular weight is 525 g/mol. The number of hydrogen-bond acceptors (Lipinski definition) is 9. The SMILES string of the molecule is CCCC1CN1C(N1CC1CCC)C(C(=O)OCC(CO)(CO)CO)(N1CC1CCC)N1CC1CCC. The van der Waals surface area contributed by atoms with Gasteiger partial charge in [0.05, 0.1) is 25.2 Å². The highest BCUT2D eigenvalue weighted by molar-refractivity contribution is 5.83. The van der Waals surface area contributed by atoms with Crippen molar-refractivity contribution in [2.75, 3.05) is 52.6 Å². The van der Waals surface area contributed by atoms with Gasteiger partial charge in [-0.25, -0.2) is 4.79 Å². The lowest BCUT2D eigenvalue weighted by molar-refractivity contribution is -0.179. The third kappa shape index (κ3) is 5.74. The van der Waals surface area contributed by atoms with Gasteiger partial charge in [0, 0.05) is 50.3 Å². The summed E-state index contributed by atoms with van der Waals surface area (Å²) < 4.78 is 6.07. The quantitative estimate of drug-likeness (QED) is 0.171. The van der Waals surface area contributed by atoms with Gasteiger partial charge in [0.25, 0.3) is 0 Å². The van der Waals surface area contributed by atoms with Crippen molar-refractivity contribution in [3.8, 4) is 0 Å². The Labute approximate surface area is 223 Å². The lowest BCUT2D eigenvalue weighted by Gasteiger charge is -2.44. The molecule has 8 atom stereocenters. The van der Waals surface area contributed by atoms with Gasteiger partial charge in [0.1, 0.15) is 12.8 Å². The molecule has 8 unspecified atom stereocenters. The van der Waals surface area contributed by atoms with Gasteiger partial charge in [-0.15, -0.1) is 0 Å². The summed E-state index contributed by atoms with van der Waals surface area (Å²) in [6.45, 7) is 11.1. The minimum Gasteiger partial charge on any atom is -0.462 e. The largest absolute Gasteiger partial charge is 0.462 e. The summed E-state index contributed by atoms with van der Waals surface area (Å²) in [5.41, 5.74) is -2.15. The van der Waals surface area contributed by atoms with E-state index in [1.54, 1.807) is 0 Å². The van der Waals surface area contributed by atoms with Crippen molar-refractivity contribution in [1.29, 1.82) is 0 Å². The fourth-order valence-corrected chi connectivity index (χ4v) is 6.59. The number of esters is 1. The molecule has 214 valence electrons. The molecule has 4 aliphatic heterocycles. The van der Waals surface area contributed by atoms with E-state index < -0.39 is 30.9 Å². The normalized spacial score (nSPS) is 36.5. The van der Waals surface area contributed by atoms with E-state index >= 15 is 0 Å². The predicted octanol–water partition coefficient (Wildman–Crippen LogP) is 1.45. The molecule has 9 heteroatoms. The zero-order valence-electron chi connectivity index (χ0n) is 23.6. The van der Waals surface area contributed by atoms with Gasteiger partial charge >= 0.3 is 5.97 Å². The number of carbonyl (C=O) groups excluding carboxylic acids is 1. The predicted molar refractivity (Wildman–Crippen MR) is 143 cm³/mol. The van der Waals surface area contributed by atoms with E-state index in [4.69, 9.17) is 4.74 Å². The second-order valence-corrected chi connectivity index (χ2v) is 12.1. The van der Waals surface area contributed by atoms with Crippen LogP contribution >= 0.6 is 0 Å². The maximum Gasteiger partial charge on any atom is 0.345 e. The monoisotopic (exact) mass is 524 g/mol. The molecular formula is C28H52N4O5. The zero-order chi connectivity index (χ0) is 26.8. The minimum absolute atomic E-state index is 0.0661. The Bertz CT molecular complexity index is 717. The maximum absolute atomic E-state index is 14.6. The summed E-state index contributed by atoms with van der Waals surface area (Å²) in [4.78, 5) is 24.4. The smallest absolute Gasteiger partial charge is 0.345 e. The molecule has 0 aliphatic carbocycles. The van der Waals surface area contributed by atoms with Gasteiger partial charge < -0.3 is 20.1 Å². The number of carbonyl (C=O) groups is 1. The Hall–Kier alpha value is -0.810. The van der Waals surface area contributed by atoms with Crippen LogP contribution in [0.4, 0.5) is 0 Å². The van der Waals surface area contributed by atoms with Crippen LogP contribution in [0.15, 0.2) is 0 Å². The molecule has 0 aromatic rings. The molecular weight excluding hydrogens is 472 g/mol. The van der Waals surface area contributed by atoms with Crippen molar-refractivity contribution in [3.63, 3.8) is 0 Å². The lowest BCUT2D eigenvalue weighted by atomic mass is 9.92. The van der Waals surface area contributed by atoms with Crippen LogP contribution in [-0.4, -0.2) is 129 Å². The van der Waals surface area contributed by atoms with E-state index in [9.17, 15) is 20.1 Å². The molecule has 9 nitrogen and oxygen atoms in total. The topological polar surface area (TPSA) is 99.0 Å². The van der Waals surface area contributed by atoms with Crippen LogP contribution in [0.1, 0.15) is 79.1 Å². The number of rotatable bonds is 19. The van der Waals surface area contributed by atoms with E-state index in [0.29, 0.717) is 24.2 Å². The minimum atomic E-state index is -1.24. The Kier molecular flexibility index (Phi) is 9.58. The summed E-state index contributed by atoms with van der Waals surface area (Å²) in [7, 11) is 0. The Morgan fingerprint density at radius 1 is 0.730 bits per heavy atom. The number of aliphatic hydroxyl groups is 3. The molecule has 0 saturated carbocycles. The van der Waals surface area contributed by atoms with Crippen LogP contribution in [-0.2, 0) is 9.53 Å². The molecule has 3 N–H and O–H groups in total. The average Bonchev–Trinajstić information content (AvgIpc) is 3.68. The van der Waals surface area contributed by atoms with E-state index in [1.165, 1.54) is 0 Å². The van der Waals surface area contributed by atoms with Crippen LogP contribution in [0.25, 0.3) is 0 Å². The van der Waals surface area contributed by atoms with Gasteiger partial charge in [-0.1, -0.05) is 53.4 Å². The van der Waals surface area contributed by atoms with Crippen molar-refractivity contribution in [3.05, 3.63) is 0 Å². The number of hydrogen-bond donors (Lipinski definition) is 3. The fourth-order valence-electron chi connectivity index (χ4n) is 6.59. The second kappa shape index (κ2) is 12.1. The first-order chi connectivity index (χ1) is 17.9. The standard InChI is InChI=1S/C28H52N4O5/c1-5-9-21-13-29(21)25(30-14-22(30)10-6-2)28(31-15-23(31)11-7-3,32-16-24(32)12-8-4)26(36)37-20-27(17-33,18-34)19-35/h21-25,33-35H,5-20H2,1-4H3. The molecule has 37 heavy (non-hydrogen) atoms. The van der Waals surface area contributed by atoms with Crippen molar-refractivity contribution in [2.45, 2.75) is 115 Å². The van der Waals surface area contributed by atoms with E-state index in [-0.39, 0.29) is 18.7 Å².